The molecule has 4 rings (SSSR count). The van der Waals surface area contributed by atoms with E-state index in [4.69, 9.17) is 32.5 Å². The Labute approximate surface area is 156 Å². The van der Waals surface area contributed by atoms with Crippen LogP contribution >= 0.6 is 23.2 Å². The van der Waals surface area contributed by atoms with Crippen LogP contribution in [0.5, 0.6) is 0 Å². The number of nitrogens with zero attached hydrogens (tertiary/aromatic N) is 1. The molecule has 9 heteroatoms. The van der Waals surface area contributed by atoms with E-state index in [1.807, 2.05) is 0 Å². The first-order chi connectivity index (χ1) is 12.5. The van der Waals surface area contributed by atoms with E-state index in [9.17, 15) is 9.59 Å². The number of oxime groups is 1. The van der Waals surface area contributed by atoms with Crippen LogP contribution < -0.4 is 11.1 Å². The highest BCUT2D eigenvalue weighted by atomic mass is 35.5. The summed E-state index contributed by atoms with van der Waals surface area (Å²) in [6, 6.07) is 9.85. The maximum atomic E-state index is 12.4. The molecule has 1 unspecified atom stereocenters. The van der Waals surface area contributed by atoms with Gasteiger partial charge in [-0.2, -0.15) is 0 Å². The first kappa shape index (κ1) is 16.7. The molecule has 3 aromatic rings. The molecule has 132 valence electrons. The number of aromatic nitrogens is 1. The normalized spacial score (nSPS) is 16.4. The number of aromatic amines is 1. The molecule has 1 aliphatic rings. The molecule has 0 spiro atoms. The molecular weight excluding hydrogens is 381 g/mol. The first-order valence-electron chi connectivity index (χ1n) is 7.61. The Morgan fingerprint density at radius 2 is 2.08 bits per heavy atom. The van der Waals surface area contributed by atoms with Crippen molar-refractivity contribution < 1.29 is 14.0 Å². The predicted molar refractivity (Wildman–Crippen MR) is 98.0 cm³/mol. The van der Waals surface area contributed by atoms with Crippen molar-refractivity contribution >= 4 is 51.6 Å². The molecule has 2 aromatic carbocycles. The standard InChI is InChI=1S/C17H11Cl2N3O4/c18-8-1-3-10(11(19)5-8)12-7-15(26-22-12)16(23)20-9-2-4-14-13(6-9)21-17(24)25-14/h1-6,15H,7H2,(H,20,23)(H,21,24). The van der Waals surface area contributed by atoms with E-state index < -0.39 is 11.9 Å². The largest absolute Gasteiger partial charge is 0.417 e. The third-order valence-corrected chi connectivity index (χ3v) is 4.44. The monoisotopic (exact) mass is 391 g/mol. The van der Waals surface area contributed by atoms with Gasteiger partial charge in [-0.1, -0.05) is 34.4 Å². The second-order valence-electron chi connectivity index (χ2n) is 5.68. The second kappa shape index (κ2) is 6.51. The van der Waals surface area contributed by atoms with Gasteiger partial charge in [-0.15, -0.1) is 0 Å². The summed E-state index contributed by atoms with van der Waals surface area (Å²) in [5, 5.41) is 7.64. The van der Waals surface area contributed by atoms with Gasteiger partial charge in [0, 0.05) is 22.7 Å². The van der Waals surface area contributed by atoms with Gasteiger partial charge < -0.3 is 14.6 Å². The smallest absolute Gasteiger partial charge is 0.408 e. The maximum Gasteiger partial charge on any atom is 0.417 e. The third-order valence-electron chi connectivity index (χ3n) is 3.89. The molecule has 0 radical (unpaired) electrons. The molecule has 0 bridgehead atoms. The number of fused-ring (bicyclic) bond motifs is 1. The number of hydrogen-bond donors (Lipinski definition) is 2. The molecule has 26 heavy (non-hydrogen) atoms. The maximum absolute atomic E-state index is 12.4. The number of nitrogens with one attached hydrogen (secondary N) is 2. The Morgan fingerprint density at radius 3 is 2.88 bits per heavy atom. The lowest BCUT2D eigenvalue weighted by atomic mass is 10.0. The van der Waals surface area contributed by atoms with Crippen molar-refractivity contribution in [3.8, 4) is 0 Å². The van der Waals surface area contributed by atoms with Crippen LogP contribution in [-0.2, 0) is 9.63 Å². The summed E-state index contributed by atoms with van der Waals surface area (Å²) in [6.45, 7) is 0. The van der Waals surface area contributed by atoms with Crippen molar-refractivity contribution in [2.24, 2.45) is 5.16 Å². The number of rotatable bonds is 3. The van der Waals surface area contributed by atoms with Gasteiger partial charge in [-0.3, -0.25) is 9.78 Å². The van der Waals surface area contributed by atoms with Gasteiger partial charge in [0.15, 0.2) is 5.58 Å². The van der Waals surface area contributed by atoms with Crippen LogP contribution in [-0.4, -0.2) is 22.7 Å². The highest BCUT2D eigenvalue weighted by Gasteiger charge is 2.30. The summed E-state index contributed by atoms with van der Waals surface area (Å²) in [5.41, 5.74) is 2.64. The molecule has 1 aromatic heterocycles. The van der Waals surface area contributed by atoms with E-state index in [0.717, 1.165) is 0 Å². The zero-order valence-electron chi connectivity index (χ0n) is 13.1. The van der Waals surface area contributed by atoms with Crippen LogP contribution in [0, 0.1) is 0 Å². The van der Waals surface area contributed by atoms with E-state index in [0.29, 0.717) is 38.1 Å². The van der Waals surface area contributed by atoms with E-state index in [-0.39, 0.29) is 12.3 Å². The van der Waals surface area contributed by atoms with Gasteiger partial charge in [0.1, 0.15) is 0 Å². The van der Waals surface area contributed by atoms with E-state index in [1.165, 1.54) is 0 Å². The summed E-state index contributed by atoms with van der Waals surface area (Å²) in [6.07, 6.45) is -0.506. The topological polar surface area (TPSA) is 96.7 Å². The number of carbonyl (C=O) groups is 1. The summed E-state index contributed by atoms with van der Waals surface area (Å²) in [7, 11) is 0. The van der Waals surface area contributed by atoms with Crippen LogP contribution in [0.1, 0.15) is 12.0 Å². The lowest BCUT2D eigenvalue weighted by Crippen LogP contribution is -2.28. The van der Waals surface area contributed by atoms with Crippen LogP contribution in [0.4, 0.5) is 5.69 Å². The summed E-state index contributed by atoms with van der Waals surface area (Å²) in [5.74, 6) is -0.917. The Bertz CT molecular complexity index is 1100. The summed E-state index contributed by atoms with van der Waals surface area (Å²) < 4.78 is 4.92. The average molecular weight is 392 g/mol. The molecular formula is C17H11Cl2N3O4. The number of halogens is 2. The van der Waals surface area contributed by atoms with E-state index in [2.05, 4.69) is 15.5 Å². The minimum Gasteiger partial charge on any atom is -0.408 e. The number of H-pyrrole nitrogens is 1. The highest BCUT2D eigenvalue weighted by molar-refractivity contribution is 6.37. The van der Waals surface area contributed by atoms with E-state index in [1.54, 1.807) is 36.4 Å². The van der Waals surface area contributed by atoms with Crippen molar-refractivity contribution in [2.75, 3.05) is 5.32 Å². The molecule has 7 nitrogen and oxygen atoms in total. The van der Waals surface area contributed by atoms with Crippen molar-refractivity contribution in [1.82, 2.24) is 4.98 Å². The molecule has 1 atom stereocenters. The molecule has 2 N–H and O–H groups in total. The van der Waals surface area contributed by atoms with Gasteiger partial charge in [0.05, 0.1) is 16.3 Å². The molecule has 0 aliphatic carbocycles. The van der Waals surface area contributed by atoms with Crippen LogP contribution in [0.3, 0.4) is 0 Å². The minimum atomic E-state index is -0.782. The SMILES string of the molecule is O=C(Nc1ccc2oc(=O)[nH]c2c1)C1CC(c2ccc(Cl)cc2Cl)=NO1. The Morgan fingerprint density at radius 1 is 1.23 bits per heavy atom. The fourth-order valence-corrected chi connectivity index (χ4v) is 3.17. The molecule has 0 saturated carbocycles. The summed E-state index contributed by atoms with van der Waals surface area (Å²) in [4.78, 5) is 31.4. The number of benzene rings is 2. The highest BCUT2D eigenvalue weighted by Crippen LogP contribution is 2.26. The number of hydrogen-bond acceptors (Lipinski definition) is 5. The Hall–Kier alpha value is -2.77. The lowest BCUT2D eigenvalue weighted by Gasteiger charge is -2.09. The predicted octanol–water partition coefficient (Wildman–Crippen LogP) is 3.56. The molecule has 0 fully saturated rings. The quantitative estimate of drug-likeness (QED) is 0.712. The van der Waals surface area contributed by atoms with Gasteiger partial charge in [0.25, 0.3) is 5.91 Å². The molecule has 2 heterocycles. The lowest BCUT2D eigenvalue weighted by molar-refractivity contribution is -0.125. The number of amides is 1. The molecule has 1 aliphatic heterocycles. The number of carbonyl (C=O) groups excluding carboxylic acids is 1. The Balaban J connectivity index is 1.46. The molecule has 1 amide bonds. The third kappa shape index (κ3) is 3.18. The van der Waals surface area contributed by atoms with Crippen molar-refractivity contribution in [1.29, 1.82) is 0 Å². The summed E-state index contributed by atoms with van der Waals surface area (Å²) >= 11 is 12.1. The fraction of sp³-hybridized carbons (Fsp3) is 0.118. The fourth-order valence-electron chi connectivity index (χ4n) is 2.65. The zero-order chi connectivity index (χ0) is 18.3. The second-order valence-corrected chi connectivity index (χ2v) is 6.52. The van der Waals surface area contributed by atoms with Gasteiger partial charge in [-0.25, -0.2) is 4.79 Å². The van der Waals surface area contributed by atoms with Crippen molar-refractivity contribution in [3.63, 3.8) is 0 Å². The van der Waals surface area contributed by atoms with Crippen LogP contribution in [0.2, 0.25) is 10.0 Å². The minimum absolute atomic E-state index is 0.276. The first-order valence-corrected chi connectivity index (χ1v) is 8.37. The number of anilines is 1. The molecule has 0 saturated heterocycles. The average Bonchev–Trinajstić information content (AvgIpc) is 3.20. The van der Waals surface area contributed by atoms with Crippen LogP contribution in [0.15, 0.2) is 50.8 Å². The van der Waals surface area contributed by atoms with Gasteiger partial charge in [0.2, 0.25) is 6.10 Å². The van der Waals surface area contributed by atoms with Crippen LogP contribution in [0.25, 0.3) is 11.1 Å². The van der Waals surface area contributed by atoms with Crippen molar-refractivity contribution in [3.05, 3.63) is 62.6 Å². The zero-order valence-corrected chi connectivity index (χ0v) is 14.6. The Kier molecular flexibility index (Phi) is 4.18. The van der Waals surface area contributed by atoms with Gasteiger partial charge >= 0.3 is 5.76 Å². The van der Waals surface area contributed by atoms with Gasteiger partial charge in [-0.05, 0) is 30.3 Å². The number of oxazole rings is 1. The van der Waals surface area contributed by atoms with E-state index >= 15 is 0 Å². The van der Waals surface area contributed by atoms with Crippen molar-refractivity contribution in [2.45, 2.75) is 12.5 Å².